The van der Waals surface area contributed by atoms with Crippen molar-refractivity contribution in [3.05, 3.63) is 0 Å². The van der Waals surface area contributed by atoms with E-state index in [1.54, 1.807) is 0 Å². The van der Waals surface area contributed by atoms with Gasteiger partial charge >= 0.3 is 6.72 Å². The Bertz CT molecular complexity index is 473. The summed E-state index contributed by atoms with van der Waals surface area (Å²) in [6, 6.07) is -0.982. The van der Waals surface area contributed by atoms with E-state index in [-0.39, 0.29) is 12.5 Å². The molecule has 0 rings (SSSR count). The van der Waals surface area contributed by atoms with Crippen molar-refractivity contribution < 1.29 is 23.9 Å². The Morgan fingerprint density at radius 3 is 2.04 bits per heavy atom. The number of carbonyl (C=O) groups excluding carboxylic acids is 2. The second-order valence-electron chi connectivity index (χ2n) is 7.13. The summed E-state index contributed by atoms with van der Waals surface area (Å²) in [6.07, 6.45) is 12.1. The Kier molecular flexibility index (Phi) is 17.0. The Hall–Kier alpha value is -0.530. The Morgan fingerprint density at radius 1 is 0.929 bits per heavy atom. The van der Waals surface area contributed by atoms with Crippen LogP contribution in [0.2, 0.25) is 0 Å². The fourth-order valence-electron chi connectivity index (χ4n) is 2.75. The van der Waals surface area contributed by atoms with Gasteiger partial charge in [0.05, 0.1) is 6.61 Å². The lowest BCUT2D eigenvalue weighted by molar-refractivity contribution is -0.129. The van der Waals surface area contributed by atoms with Gasteiger partial charge in [-0.15, -0.1) is 0 Å². The molecular formula is C19H39N2O5PS. The highest BCUT2D eigenvalue weighted by Crippen LogP contribution is 2.36. The number of hydrogen-bond donors (Lipinski definition) is 4. The van der Waals surface area contributed by atoms with Crippen molar-refractivity contribution in [2.45, 2.75) is 96.9 Å². The van der Waals surface area contributed by atoms with Crippen LogP contribution in [0.15, 0.2) is 0 Å². The third-order valence-electron chi connectivity index (χ3n) is 4.40. The minimum absolute atomic E-state index is 0.246. The van der Waals surface area contributed by atoms with Gasteiger partial charge in [-0.25, -0.2) is 0 Å². The largest absolute Gasteiger partial charge is 0.354 e. The van der Waals surface area contributed by atoms with Crippen LogP contribution >= 0.6 is 6.72 Å². The summed E-state index contributed by atoms with van der Waals surface area (Å²) < 4.78 is 4.80. The highest BCUT2D eigenvalue weighted by molar-refractivity contribution is 8.06. The second kappa shape index (κ2) is 17.3. The van der Waals surface area contributed by atoms with E-state index in [4.69, 9.17) is 4.52 Å². The summed E-state index contributed by atoms with van der Waals surface area (Å²) in [5.41, 5.74) is 0. The van der Waals surface area contributed by atoms with Crippen molar-refractivity contribution in [1.29, 1.82) is 0 Å². The normalized spacial score (nSPS) is 12.6. The zero-order valence-corrected chi connectivity index (χ0v) is 19.2. The lowest BCUT2D eigenvalue weighted by Crippen LogP contribution is -2.49. The molecule has 0 aromatic rings. The molecule has 0 aliphatic carbocycles. The van der Waals surface area contributed by atoms with Crippen LogP contribution in [0, 0.1) is 0 Å². The monoisotopic (exact) mass is 438 g/mol. The molecule has 166 valence electrons. The number of amides is 2. The molecule has 4 N–H and O–H groups in total. The first-order valence-corrected chi connectivity index (χ1v) is 13.2. The number of rotatable bonds is 18. The molecular weight excluding hydrogens is 399 g/mol. The lowest BCUT2D eigenvalue weighted by Gasteiger charge is -2.19. The standard InChI is InChI=1S/C19H39N2O5PS/c1-3-5-7-9-11-13-15-20-19(23)17(16-26-27(24,25)28)21-18(22)14-12-10-8-6-4-2/h17H,3-16H2,1-2H3,(H,20,23)(H,21,22)(H2,24,25,28)/t17-/m1/s1. The zero-order valence-electron chi connectivity index (χ0n) is 17.5. The van der Waals surface area contributed by atoms with Crippen LogP contribution < -0.4 is 10.6 Å². The topological polar surface area (TPSA) is 108 Å². The number of hydrogen-bond acceptors (Lipinski definition) is 4. The SMILES string of the molecule is CCCCCCCCNC(=O)[C@@H](COP(O)(O)=S)NC(=O)CCCCCCC. The number of unbranched alkanes of at least 4 members (excludes halogenated alkanes) is 9. The fourth-order valence-corrected chi connectivity index (χ4v) is 3.28. The van der Waals surface area contributed by atoms with E-state index in [0.29, 0.717) is 13.0 Å². The molecule has 0 saturated heterocycles. The molecule has 0 heterocycles. The molecule has 2 amide bonds. The molecule has 9 heteroatoms. The molecule has 0 aliphatic rings. The molecule has 0 unspecified atom stereocenters. The summed E-state index contributed by atoms with van der Waals surface area (Å²) in [5, 5.41) is 5.40. The van der Waals surface area contributed by atoms with Gasteiger partial charge in [0, 0.05) is 13.0 Å². The lowest BCUT2D eigenvalue weighted by atomic mass is 10.1. The van der Waals surface area contributed by atoms with Gasteiger partial charge in [-0.1, -0.05) is 71.6 Å². The quantitative estimate of drug-likeness (QED) is 0.193. The summed E-state index contributed by atoms with van der Waals surface area (Å²) in [6.45, 7) is 0.577. The van der Waals surface area contributed by atoms with E-state index in [9.17, 15) is 19.4 Å². The van der Waals surface area contributed by atoms with Crippen molar-refractivity contribution >= 4 is 30.3 Å². The van der Waals surface area contributed by atoms with Crippen LogP contribution in [-0.4, -0.2) is 40.8 Å². The van der Waals surface area contributed by atoms with E-state index in [1.165, 1.54) is 19.3 Å². The van der Waals surface area contributed by atoms with Gasteiger partial charge in [-0.2, -0.15) is 0 Å². The Labute approximate surface area is 175 Å². The highest BCUT2D eigenvalue weighted by atomic mass is 32.5. The maximum Gasteiger partial charge on any atom is 0.321 e. The summed E-state index contributed by atoms with van der Waals surface area (Å²) >= 11 is 4.43. The predicted molar refractivity (Wildman–Crippen MR) is 116 cm³/mol. The van der Waals surface area contributed by atoms with E-state index in [2.05, 4.69) is 36.3 Å². The first-order chi connectivity index (χ1) is 13.3. The molecule has 28 heavy (non-hydrogen) atoms. The zero-order chi connectivity index (χ0) is 21.3. The molecule has 0 fully saturated rings. The van der Waals surface area contributed by atoms with Gasteiger partial charge in [0.25, 0.3) is 0 Å². The fraction of sp³-hybridized carbons (Fsp3) is 0.895. The molecule has 1 atom stereocenters. The maximum absolute atomic E-state index is 12.4. The number of carbonyl (C=O) groups is 2. The Morgan fingerprint density at radius 2 is 1.46 bits per heavy atom. The van der Waals surface area contributed by atoms with Crippen molar-refractivity contribution in [3.8, 4) is 0 Å². The van der Waals surface area contributed by atoms with Gasteiger partial charge in [0.1, 0.15) is 6.04 Å². The minimum atomic E-state index is -3.88. The molecule has 0 aromatic carbocycles. The average molecular weight is 439 g/mol. The summed E-state index contributed by atoms with van der Waals surface area (Å²) in [4.78, 5) is 42.9. The van der Waals surface area contributed by atoms with Crippen LogP contribution in [0.4, 0.5) is 0 Å². The van der Waals surface area contributed by atoms with Crippen LogP contribution in [0.3, 0.4) is 0 Å². The first kappa shape index (κ1) is 27.5. The molecule has 0 saturated carbocycles. The predicted octanol–water partition coefficient (Wildman–Crippen LogP) is 3.53. The first-order valence-electron chi connectivity index (χ1n) is 10.6. The molecule has 7 nitrogen and oxygen atoms in total. The third-order valence-corrected chi connectivity index (χ3v) is 5.20. The molecule has 0 bridgehead atoms. The van der Waals surface area contributed by atoms with Crippen LogP contribution in [-0.2, 0) is 25.9 Å². The van der Waals surface area contributed by atoms with E-state index in [0.717, 1.165) is 51.4 Å². The van der Waals surface area contributed by atoms with Gasteiger partial charge in [-0.3, -0.25) is 9.59 Å². The third kappa shape index (κ3) is 17.6. The smallest absolute Gasteiger partial charge is 0.321 e. The van der Waals surface area contributed by atoms with Gasteiger partial charge in [0.15, 0.2) is 0 Å². The highest BCUT2D eigenvalue weighted by Gasteiger charge is 2.23. The van der Waals surface area contributed by atoms with Crippen LogP contribution in [0.5, 0.6) is 0 Å². The molecule has 0 radical (unpaired) electrons. The van der Waals surface area contributed by atoms with E-state index in [1.807, 2.05) is 0 Å². The van der Waals surface area contributed by atoms with E-state index < -0.39 is 18.7 Å². The van der Waals surface area contributed by atoms with Crippen molar-refractivity contribution in [1.82, 2.24) is 10.6 Å². The summed E-state index contributed by atoms with van der Waals surface area (Å²) in [7, 11) is 0. The maximum atomic E-state index is 12.4. The molecule has 0 aromatic heterocycles. The molecule has 0 aliphatic heterocycles. The van der Waals surface area contributed by atoms with Crippen molar-refractivity contribution in [3.63, 3.8) is 0 Å². The number of nitrogens with one attached hydrogen (secondary N) is 2. The van der Waals surface area contributed by atoms with Gasteiger partial charge in [-0.05, 0) is 24.6 Å². The van der Waals surface area contributed by atoms with Gasteiger partial charge in [0.2, 0.25) is 11.8 Å². The summed E-state index contributed by atoms with van der Waals surface area (Å²) in [5.74, 6) is -0.639. The van der Waals surface area contributed by atoms with Crippen molar-refractivity contribution in [2.75, 3.05) is 13.2 Å². The Balaban J connectivity index is 4.31. The second-order valence-corrected chi connectivity index (χ2v) is 9.80. The van der Waals surface area contributed by atoms with Gasteiger partial charge < -0.3 is 24.9 Å². The van der Waals surface area contributed by atoms with Crippen molar-refractivity contribution in [2.24, 2.45) is 0 Å². The minimum Gasteiger partial charge on any atom is -0.354 e. The van der Waals surface area contributed by atoms with Crippen LogP contribution in [0.25, 0.3) is 0 Å². The van der Waals surface area contributed by atoms with E-state index >= 15 is 0 Å². The molecule has 0 spiro atoms. The van der Waals surface area contributed by atoms with Crippen LogP contribution in [0.1, 0.15) is 90.9 Å². The average Bonchev–Trinajstić information content (AvgIpc) is 2.63.